The minimum atomic E-state index is -1.02. The van der Waals surface area contributed by atoms with E-state index in [9.17, 15) is 14.4 Å². The molecule has 0 aromatic heterocycles. The zero-order valence-corrected chi connectivity index (χ0v) is 22.8. The van der Waals surface area contributed by atoms with Crippen molar-refractivity contribution in [2.45, 2.75) is 71.7 Å². The van der Waals surface area contributed by atoms with Gasteiger partial charge in [-0.2, -0.15) is 0 Å². The molecule has 0 aliphatic heterocycles. The summed E-state index contributed by atoms with van der Waals surface area (Å²) in [5.74, 6) is 2.33. The molecule has 0 saturated heterocycles. The average Bonchev–Trinajstić information content (AvgIpc) is 2.80. The monoisotopic (exact) mass is 507 g/mol. The molecule has 0 aliphatic carbocycles. The van der Waals surface area contributed by atoms with E-state index in [4.69, 9.17) is 15.9 Å². The Morgan fingerprint density at radius 1 is 0.946 bits per heavy atom. The molecule has 0 aliphatic rings. The summed E-state index contributed by atoms with van der Waals surface area (Å²) >= 11 is 0. The predicted octanol–water partition coefficient (Wildman–Crippen LogP) is 4.90. The fourth-order valence-electron chi connectivity index (χ4n) is 3.66. The van der Waals surface area contributed by atoms with Crippen LogP contribution in [0.15, 0.2) is 48.5 Å². The smallest absolute Gasteiger partial charge is 0.408 e. The quantitative estimate of drug-likeness (QED) is 0.520. The molecule has 3 amide bonds. The number of hydrogen-bond donors (Lipinski definition) is 2. The highest BCUT2D eigenvalue weighted by molar-refractivity contribution is 5.99. The van der Waals surface area contributed by atoms with Crippen LogP contribution < -0.4 is 15.4 Å². The van der Waals surface area contributed by atoms with Crippen LogP contribution in [0.2, 0.25) is 0 Å². The molecule has 2 rings (SSSR count). The van der Waals surface area contributed by atoms with Crippen LogP contribution in [0.1, 0.15) is 65.6 Å². The minimum absolute atomic E-state index is 0.425. The average molecular weight is 508 g/mol. The third kappa shape index (κ3) is 8.28. The van der Waals surface area contributed by atoms with Gasteiger partial charge in [-0.3, -0.25) is 9.59 Å². The summed E-state index contributed by atoms with van der Waals surface area (Å²) < 4.78 is 10.5. The van der Waals surface area contributed by atoms with Gasteiger partial charge in [-0.05, 0) is 90.4 Å². The van der Waals surface area contributed by atoms with Crippen LogP contribution in [0.25, 0.3) is 0 Å². The maximum atomic E-state index is 13.8. The normalized spacial score (nSPS) is 12.9. The Morgan fingerprint density at radius 3 is 1.97 bits per heavy atom. The molecular formula is C29H37N3O5. The van der Waals surface area contributed by atoms with Gasteiger partial charge in [0.2, 0.25) is 5.91 Å². The first-order valence-electron chi connectivity index (χ1n) is 12.0. The first-order valence-corrected chi connectivity index (χ1v) is 12.0. The summed E-state index contributed by atoms with van der Waals surface area (Å²) in [5, 5.41) is 5.49. The van der Waals surface area contributed by atoms with Crippen molar-refractivity contribution in [3.05, 3.63) is 59.7 Å². The lowest BCUT2D eigenvalue weighted by Crippen LogP contribution is -2.57. The van der Waals surface area contributed by atoms with Crippen LogP contribution in [0, 0.1) is 12.3 Å². The second kappa shape index (κ2) is 11.8. The number of anilines is 1. The number of hydrogen-bond acceptors (Lipinski definition) is 5. The Bertz CT molecular complexity index is 1140. The van der Waals surface area contributed by atoms with Gasteiger partial charge in [0.05, 0.1) is 7.11 Å². The number of alkyl carbamates (subject to hydrolysis) is 1. The lowest BCUT2D eigenvalue weighted by atomic mass is 9.95. The van der Waals surface area contributed by atoms with Crippen LogP contribution in [-0.4, -0.2) is 47.1 Å². The zero-order valence-electron chi connectivity index (χ0n) is 22.8. The van der Waals surface area contributed by atoms with Crippen molar-refractivity contribution in [1.82, 2.24) is 10.2 Å². The zero-order chi connectivity index (χ0) is 28.0. The molecule has 0 spiro atoms. The van der Waals surface area contributed by atoms with E-state index in [1.165, 1.54) is 4.90 Å². The number of ether oxygens (including phenoxy) is 2. The molecular weight excluding hydrogens is 470 g/mol. The van der Waals surface area contributed by atoms with Crippen molar-refractivity contribution in [2.24, 2.45) is 0 Å². The van der Waals surface area contributed by atoms with E-state index in [-0.39, 0.29) is 0 Å². The first kappa shape index (κ1) is 29.2. The maximum absolute atomic E-state index is 13.8. The minimum Gasteiger partial charge on any atom is -0.497 e. The fraction of sp³-hybridized carbons (Fsp3) is 0.414. The second-order valence-electron chi connectivity index (χ2n) is 10.6. The van der Waals surface area contributed by atoms with Crippen molar-refractivity contribution in [2.75, 3.05) is 12.4 Å². The number of methoxy groups -OCH3 is 1. The molecule has 198 valence electrons. The van der Waals surface area contributed by atoms with Gasteiger partial charge >= 0.3 is 6.09 Å². The molecule has 2 N–H and O–H groups in total. The predicted molar refractivity (Wildman–Crippen MR) is 144 cm³/mol. The lowest BCUT2D eigenvalue weighted by molar-refractivity contribution is -0.146. The van der Waals surface area contributed by atoms with Gasteiger partial charge in [0.1, 0.15) is 23.4 Å². The third-order valence-electron chi connectivity index (χ3n) is 5.32. The Morgan fingerprint density at radius 2 is 1.51 bits per heavy atom. The summed E-state index contributed by atoms with van der Waals surface area (Å²) in [5.41, 5.74) is 0.228. The maximum Gasteiger partial charge on any atom is 0.408 e. The number of terminal acetylenes is 1. The van der Waals surface area contributed by atoms with E-state index in [1.807, 2.05) is 20.8 Å². The molecule has 8 heteroatoms. The highest BCUT2D eigenvalue weighted by atomic mass is 16.6. The summed E-state index contributed by atoms with van der Waals surface area (Å²) in [4.78, 5) is 41.4. The number of nitrogens with zero attached hydrogens (tertiary/aromatic N) is 1. The fourth-order valence-corrected chi connectivity index (χ4v) is 3.66. The summed E-state index contributed by atoms with van der Waals surface area (Å²) in [7, 11) is 1.56. The molecule has 0 saturated carbocycles. The van der Waals surface area contributed by atoms with Crippen LogP contribution in [0.4, 0.5) is 10.5 Å². The van der Waals surface area contributed by atoms with Gasteiger partial charge in [-0.25, -0.2) is 4.79 Å². The summed E-state index contributed by atoms with van der Waals surface area (Å²) in [6.45, 7) is 12.3. The van der Waals surface area contributed by atoms with Gasteiger partial charge < -0.3 is 25.0 Å². The van der Waals surface area contributed by atoms with Crippen molar-refractivity contribution >= 4 is 23.6 Å². The lowest BCUT2D eigenvalue weighted by Gasteiger charge is -2.42. The number of carbonyl (C=O) groups is 3. The Kier molecular flexibility index (Phi) is 9.35. The number of rotatable bonds is 7. The molecule has 0 radical (unpaired) electrons. The number of carbonyl (C=O) groups excluding carboxylic acids is 3. The van der Waals surface area contributed by atoms with Crippen LogP contribution >= 0.6 is 0 Å². The van der Waals surface area contributed by atoms with E-state index >= 15 is 0 Å². The molecule has 0 heterocycles. The van der Waals surface area contributed by atoms with Crippen LogP contribution in [0.3, 0.4) is 0 Å². The summed E-state index contributed by atoms with van der Waals surface area (Å²) in [6.07, 6.45) is 4.79. The van der Waals surface area contributed by atoms with E-state index < -0.39 is 41.1 Å². The van der Waals surface area contributed by atoms with Crippen LogP contribution in [-0.2, 0) is 14.3 Å². The van der Waals surface area contributed by atoms with Gasteiger partial charge in [-0.15, -0.1) is 6.42 Å². The number of nitrogens with one attached hydrogen (secondary N) is 2. The van der Waals surface area contributed by atoms with E-state index in [0.29, 0.717) is 22.6 Å². The second-order valence-corrected chi connectivity index (χ2v) is 10.6. The van der Waals surface area contributed by atoms with E-state index in [1.54, 1.807) is 83.3 Å². The van der Waals surface area contributed by atoms with Crippen molar-refractivity contribution in [1.29, 1.82) is 0 Å². The molecule has 2 unspecified atom stereocenters. The molecule has 0 bridgehead atoms. The van der Waals surface area contributed by atoms with Gasteiger partial charge in [0.15, 0.2) is 0 Å². The Hall–Kier alpha value is -3.99. The van der Waals surface area contributed by atoms with Crippen molar-refractivity contribution in [3.63, 3.8) is 0 Å². The largest absolute Gasteiger partial charge is 0.497 e. The topological polar surface area (TPSA) is 97.0 Å². The van der Waals surface area contributed by atoms with Gasteiger partial charge in [0.25, 0.3) is 5.91 Å². The van der Waals surface area contributed by atoms with Gasteiger partial charge in [-0.1, -0.05) is 18.1 Å². The molecule has 2 aromatic carbocycles. The highest BCUT2D eigenvalue weighted by Crippen LogP contribution is 2.31. The van der Waals surface area contributed by atoms with Crippen molar-refractivity contribution in [3.8, 4) is 18.1 Å². The number of benzene rings is 2. The van der Waals surface area contributed by atoms with Crippen LogP contribution in [0.5, 0.6) is 5.75 Å². The molecule has 2 atom stereocenters. The Balaban J connectivity index is 2.48. The molecule has 0 fully saturated rings. The summed E-state index contributed by atoms with van der Waals surface area (Å²) in [6, 6.07) is 11.8. The van der Waals surface area contributed by atoms with E-state index in [2.05, 4.69) is 16.6 Å². The van der Waals surface area contributed by atoms with Crippen molar-refractivity contribution < 1.29 is 23.9 Å². The van der Waals surface area contributed by atoms with Gasteiger partial charge in [0, 0.05) is 16.8 Å². The molecule has 8 nitrogen and oxygen atoms in total. The molecule has 2 aromatic rings. The highest BCUT2D eigenvalue weighted by Gasteiger charge is 2.40. The Labute approximate surface area is 219 Å². The number of amides is 3. The standard InChI is InChI=1S/C29H37N3O5/c1-10-20-11-13-21(14-12-20)24(25(33)31-22-15-17-23(36-9)18-16-22)32(28(3,4)5)26(34)19(2)30-27(35)37-29(6,7)8/h1,11-19,24H,2-9H3,(H,30,35)(H,31,33). The van der Waals surface area contributed by atoms with E-state index in [0.717, 1.165) is 0 Å². The molecule has 37 heavy (non-hydrogen) atoms. The first-order chi connectivity index (χ1) is 17.2. The SMILES string of the molecule is C#Cc1ccc(C(C(=O)Nc2ccc(OC)cc2)N(C(=O)C(C)NC(=O)OC(C)(C)C)C(C)(C)C)cc1. The third-order valence-corrected chi connectivity index (χ3v) is 5.32.